The molecule has 2 fully saturated rings. The molecule has 2 rings (SSSR count). The van der Waals surface area contributed by atoms with E-state index in [4.69, 9.17) is 0 Å². The highest BCUT2D eigenvalue weighted by Crippen LogP contribution is 2.22. The molecule has 1 unspecified atom stereocenters. The molecule has 0 bridgehead atoms. The minimum atomic E-state index is 0.0932. The fraction of sp³-hybridized carbons (Fsp3) is 0.929. The van der Waals surface area contributed by atoms with Gasteiger partial charge in [0.05, 0.1) is 6.04 Å². The van der Waals surface area contributed by atoms with Crippen LogP contribution in [0, 0.1) is 0 Å². The largest absolute Gasteiger partial charge is 0.340 e. The zero-order valence-corrected chi connectivity index (χ0v) is 12.0. The predicted molar refractivity (Wildman–Crippen MR) is 73.5 cm³/mol. The van der Waals surface area contributed by atoms with Gasteiger partial charge in [-0.05, 0) is 46.6 Å². The van der Waals surface area contributed by atoms with E-state index in [1.165, 1.54) is 12.8 Å². The van der Waals surface area contributed by atoms with Crippen LogP contribution in [-0.4, -0.2) is 60.5 Å². The van der Waals surface area contributed by atoms with Gasteiger partial charge in [-0.25, -0.2) is 0 Å². The second kappa shape index (κ2) is 6.02. The van der Waals surface area contributed by atoms with E-state index in [0.717, 1.165) is 32.5 Å². The van der Waals surface area contributed by atoms with Gasteiger partial charge in [0.25, 0.3) is 0 Å². The summed E-state index contributed by atoms with van der Waals surface area (Å²) in [7, 11) is 2.12. The monoisotopic (exact) mass is 253 g/mol. The van der Waals surface area contributed by atoms with Crippen LogP contribution in [0.25, 0.3) is 0 Å². The fourth-order valence-corrected chi connectivity index (χ4v) is 2.39. The third-order valence-electron chi connectivity index (χ3n) is 4.15. The van der Waals surface area contributed by atoms with Crippen molar-refractivity contribution in [3.8, 4) is 0 Å². The molecule has 4 heteroatoms. The van der Waals surface area contributed by atoms with Crippen LogP contribution in [0.4, 0.5) is 0 Å². The van der Waals surface area contributed by atoms with Crippen molar-refractivity contribution < 1.29 is 4.79 Å². The molecule has 0 spiro atoms. The summed E-state index contributed by atoms with van der Waals surface area (Å²) in [4.78, 5) is 16.7. The highest BCUT2D eigenvalue weighted by Gasteiger charge is 2.33. The molecule has 0 aromatic heterocycles. The molecule has 1 saturated carbocycles. The Hall–Kier alpha value is -0.610. The summed E-state index contributed by atoms with van der Waals surface area (Å²) in [5, 5.41) is 3.48. The molecule has 0 radical (unpaired) electrons. The molecule has 1 heterocycles. The van der Waals surface area contributed by atoms with E-state index in [9.17, 15) is 4.79 Å². The molecule has 104 valence electrons. The van der Waals surface area contributed by atoms with Crippen LogP contribution in [-0.2, 0) is 4.79 Å². The van der Waals surface area contributed by atoms with Crippen molar-refractivity contribution in [2.24, 2.45) is 0 Å². The topological polar surface area (TPSA) is 35.6 Å². The lowest BCUT2D eigenvalue weighted by atomic mass is 10.0. The Bertz CT molecular complexity index is 289. The van der Waals surface area contributed by atoms with Gasteiger partial charge in [-0.3, -0.25) is 4.79 Å². The number of piperidine rings is 1. The predicted octanol–water partition coefficient (Wildman–Crippen LogP) is 1.07. The summed E-state index contributed by atoms with van der Waals surface area (Å²) >= 11 is 0. The maximum atomic E-state index is 12.3. The summed E-state index contributed by atoms with van der Waals surface area (Å²) in [5.41, 5.74) is 0. The Morgan fingerprint density at radius 3 is 2.72 bits per heavy atom. The van der Waals surface area contributed by atoms with Crippen LogP contribution in [0.15, 0.2) is 0 Å². The summed E-state index contributed by atoms with van der Waals surface area (Å²) in [6, 6.07) is 1.26. The Morgan fingerprint density at radius 2 is 2.11 bits per heavy atom. The average Bonchev–Trinajstić information content (AvgIpc) is 3.13. The minimum absolute atomic E-state index is 0.0932. The van der Waals surface area contributed by atoms with Gasteiger partial charge in [-0.2, -0.15) is 0 Å². The third-order valence-corrected chi connectivity index (χ3v) is 4.15. The van der Waals surface area contributed by atoms with E-state index in [1.54, 1.807) is 0 Å². The number of hydrogen-bond donors (Lipinski definition) is 1. The lowest BCUT2D eigenvalue weighted by Crippen LogP contribution is -2.52. The van der Waals surface area contributed by atoms with Crippen LogP contribution in [0.2, 0.25) is 0 Å². The van der Waals surface area contributed by atoms with Gasteiger partial charge in [-0.1, -0.05) is 0 Å². The van der Waals surface area contributed by atoms with Crippen molar-refractivity contribution in [3.63, 3.8) is 0 Å². The number of likely N-dealkylation sites (tertiary alicyclic amines) is 1. The first kappa shape index (κ1) is 13.8. The lowest BCUT2D eigenvalue weighted by molar-refractivity contribution is -0.136. The first-order chi connectivity index (χ1) is 8.58. The maximum Gasteiger partial charge on any atom is 0.239 e. The highest BCUT2D eigenvalue weighted by atomic mass is 16.2. The SMILES string of the molecule is CC(C)N(C)CCN1CCCC(NC2CC2)C1=O. The Morgan fingerprint density at radius 1 is 1.39 bits per heavy atom. The van der Waals surface area contributed by atoms with E-state index in [2.05, 4.69) is 31.1 Å². The normalized spacial score (nSPS) is 25.3. The zero-order valence-electron chi connectivity index (χ0n) is 12.0. The molecule has 4 nitrogen and oxygen atoms in total. The summed E-state index contributed by atoms with van der Waals surface area (Å²) in [6.07, 6.45) is 4.66. The van der Waals surface area contributed by atoms with E-state index >= 15 is 0 Å². The summed E-state index contributed by atoms with van der Waals surface area (Å²) in [6.45, 7) is 7.16. The number of rotatable bonds is 6. The first-order valence-electron chi connectivity index (χ1n) is 7.33. The molecule has 1 saturated heterocycles. The number of carbonyl (C=O) groups is 1. The molecular formula is C14H27N3O. The van der Waals surface area contributed by atoms with Crippen LogP contribution in [0.1, 0.15) is 39.5 Å². The van der Waals surface area contributed by atoms with Crippen molar-refractivity contribution >= 4 is 5.91 Å². The summed E-state index contributed by atoms with van der Waals surface area (Å²) < 4.78 is 0. The third kappa shape index (κ3) is 3.69. The molecule has 0 aromatic carbocycles. The lowest BCUT2D eigenvalue weighted by Gasteiger charge is -2.34. The molecular weight excluding hydrogens is 226 g/mol. The number of nitrogens with zero attached hydrogens (tertiary/aromatic N) is 2. The van der Waals surface area contributed by atoms with Crippen molar-refractivity contribution in [2.75, 3.05) is 26.7 Å². The molecule has 0 aromatic rings. The van der Waals surface area contributed by atoms with Gasteiger partial charge >= 0.3 is 0 Å². The van der Waals surface area contributed by atoms with Gasteiger partial charge in [-0.15, -0.1) is 0 Å². The standard InChI is InChI=1S/C14H27N3O/c1-11(2)16(3)9-10-17-8-4-5-13(14(17)18)15-12-6-7-12/h11-13,15H,4-10H2,1-3H3. The van der Waals surface area contributed by atoms with Crippen molar-refractivity contribution in [1.82, 2.24) is 15.1 Å². The zero-order chi connectivity index (χ0) is 13.1. The molecule has 1 N–H and O–H groups in total. The van der Waals surface area contributed by atoms with Crippen molar-refractivity contribution in [2.45, 2.75) is 57.7 Å². The van der Waals surface area contributed by atoms with Gasteiger partial charge in [0.15, 0.2) is 0 Å². The highest BCUT2D eigenvalue weighted by molar-refractivity contribution is 5.82. The average molecular weight is 253 g/mol. The van der Waals surface area contributed by atoms with Crippen molar-refractivity contribution in [1.29, 1.82) is 0 Å². The van der Waals surface area contributed by atoms with E-state index in [0.29, 0.717) is 18.0 Å². The molecule has 1 aliphatic carbocycles. The Kier molecular flexibility index (Phi) is 4.62. The second-order valence-electron chi connectivity index (χ2n) is 6.04. The fourth-order valence-electron chi connectivity index (χ4n) is 2.39. The second-order valence-corrected chi connectivity index (χ2v) is 6.04. The molecule has 1 atom stereocenters. The smallest absolute Gasteiger partial charge is 0.239 e. The van der Waals surface area contributed by atoms with Crippen LogP contribution in [0.5, 0.6) is 0 Å². The molecule has 18 heavy (non-hydrogen) atoms. The van der Waals surface area contributed by atoms with Gasteiger partial charge < -0.3 is 15.1 Å². The number of nitrogens with one attached hydrogen (secondary N) is 1. The van der Waals surface area contributed by atoms with E-state index in [1.807, 2.05) is 4.90 Å². The minimum Gasteiger partial charge on any atom is -0.340 e. The first-order valence-corrected chi connectivity index (χ1v) is 7.33. The number of likely N-dealkylation sites (N-methyl/N-ethyl adjacent to an activating group) is 1. The van der Waals surface area contributed by atoms with Crippen LogP contribution < -0.4 is 5.32 Å². The van der Waals surface area contributed by atoms with Gasteiger partial charge in [0, 0.05) is 31.7 Å². The molecule has 2 aliphatic rings. The Balaban J connectivity index is 1.78. The van der Waals surface area contributed by atoms with Gasteiger partial charge in [0.1, 0.15) is 0 Å². The quantitative estimate of drug-likeness (QED) is 0.769. The van der Waals surface area contributed by atoms with Crippen LogP contribution in [0.3, 0.4) is 0 Å². The van der Waals surface area contributed by atoms with E-state index in [-0.39, 0.29) is 6.04 Å². The van der Waals surface area contributed by atoms with E-state index < -0.39 is 0 Å². The molecule has 1 aliphatic heterocycles. The van der Waals surface area contributed by atoms with Crippen molar-refractivity contribution in [3.05, 3.63) is 0 Å². The number of carbonyl (C=O) groups excluding carboxylic acids is 1. The Labute approximate surface area is 111 Å². The summed E-state index contributed by atoms with van der Waals surface area (Å²) in [5.74, 6) is 0.324. The van der Waals surface area contributed by atoms with Gasteiger partial charge in [0.2, 0.25) is 5.91 Å². The maximum absolute atomic E-state index is 12.3. The molecule has 1 amide bonds. The number of amides is 1. The number of hydrogen-bond acceptors (Lipinski definition) is 3. The van der Waals surface area contributed by atoms with Crippen LogP contribution >= 0.6 is 0 Å².